The number of carbonyl (C=O) groups is 2. The summed E-state index contributed by atoms with van der Waals surface area (Å²) < 4.78 is 0. The van der Waals surface area contributed by atoms with Crippen molar-refractivity contribution >= 4 is 23.5 Å². The van der Waals surface area contributed by atoms with Crippen molar-refractivity contribution in [3.8, 4) is 0 Å². The highest BCUT2D eigenvalue weighted by atomic mass is 35.5. The Morgan fingerprint density at radius 2 is 1.79 bits per heavy atom. The summed E-state index contributed by atoms with van der Waals surface area (Å²) in [6.07, 6.45) is 4.06. The molecule has 2 aromatic rings. The number of hydrogen-bond acceptors (Lipinski definition) is 4. The lowest BCUT2D eigenvalue weighted by Crippen LogP contribution is -2.44. The molecule has 2 heterocycles. The van der Waals surface area contributed by atoms with Gasteiger partial charge in [-0.15, -0.1) is 0 Å². The van der Waals surface area contributed by atoms with E-state index < -0.39 is 0 Å². The normalized spacial score (nSPS) is 14.9. The molecule has 0 radical (unpaired) electrons. The molecule has 1 aliphatic rings. The zero-order chi connectivity index (χ0) is 20.5. The van der Waals surface area contributed by atoms with E-state index in [2.05, 4.69) is 20.5 Å². The van der Waals surface area contributed by atoms with Crippen molar-refractivity contribution in [2.45, 2.75) is 13.0 Å². The third-order valence-electron chi connectivity index (χ3n) is 4.81. The number of nitrogens with zero attached hydrogens (tertiary/aromatic N) is 3. The zero-order valence-corrected chi connectivity index (χ0v) is 17.1. The van der Waals surface area contributed by atoms with Crippen LogP contribution in [-0.2, 0) is 6.54 Å². The molecule has 154 valence electrons. The van der Waals surface area contributed by atoms with Gasteiger partial charge in [-0.25, -0.2) is 4.79 Å². The number of aromatic nitrogens is 1. The standard InChI is InChI=1S/C21H26ClN5O2/c22-19-6-4-17(5-7-19)16-26-11-2-12-27(14-13-26)21(29)25-10-9-24-20(28)18-3-1-8-23-15-18/h1,3-8,15H,2,9-14,16H2,(H,24,28)(H,25,29). The molecule has 1 aromatic heterocycles. The minimum atomic E-state index is -0.194. The predicted octanol–water partition coefficient (Wildman–Crippen LogP) is 2.38. The fraction of sp³-hybridized carbons (Fsp3) is 0.381. The zero-order valence-electron chi connectivity index (χ0n) is 16.3. The molecular formula is C21H26ClN5O2. The van der Waals surface area contributed by atoms with Gasteiger partial charge in [-0.1, -0.05) is 23.7 Å². The van der Waals surface area contributed by atoms with Gasteiger partial charge in [0, 0.05) is 63.2 Å². The Labute approximate surface area is 176 Å². The molecule has 0 spiro atoms. The maximum Gasteiger partial charge on any atom is 0.317 e. The highest BCUT2D eigenvalue weighted by molar-refractivity contribution is 6.30. The SMILES string of the molecule is O=C(NCCNC(=O)N1CCCN(Cc2ccc(Cl)cc2)CC1)c1cccnc1. The molecule has 1 aromatic carbocycles. The minimum Gasteiger partial charge on any atom is -0.350 e. The Morgan fingerprint density at radius 3 is 2.55 bits per heavy atom. The maximum atomic E-state index is 12.4. The Morgan fingerprint density at radius 1 is 1.00 bits per heavy atom. The quantitative estimate of drug-likeness (QED) is 0.710. The lowest BCUT2D eigenvalue weighted by atomic mass is 10.2. The molecule has 1 aliphatic heterocycles. The van der Waals surface area contributed by atoms with Crippen LogP contribution in [0.4, 0.5) is 4.79 Å². The van der Waals surface area contributed by atoms with Gasteiger partial charge in [0.15, 0.2) is 0 Å². The molecule has 2 N–H and O–H groups in total. The first-order valence-corrected chi connectivity index (χ1v) is 10.2. The van der Waals surface area contributed by atoms with Crippen molar-refractivity contribution in [1.29, 1.82) is 0 Å². The second kappa shape index (κ2) is 10.8. The van der Waals surface area contributed by atoms with E-state index in [1.807, 2.05) is 29.2 Å². The van der Waals surface area contributed by atoms with E-state index >= 15 is 0 Å². The van der Waals surface area contributed by atoms with Crippen LogP contribution < -0.4 is 10.6 Å². The van der Waals surface area contributed by atoms with E-state index in [1.54, 1.807) is 18.3 Å². The van der Waals surface area contributed by atoms with Crippen molar-refractivity contribution in [3.63, 3.8) is 0 Å². The van der Waals surface area contributed by atoms with Gasteiger partial charge in [0.2, 0.25) is 0 Å². The summed E-state index contributed by atoms with van der Waals surface area (Å²) in [5.74, 6) is -0.194. The first-order chi connectivity index (χ1) is 14.1. The predicted molar refractivity (Wildman–Crippen MR) is 113 cm³/mol. The topological polar surface area (TPSA) is 77.6 Å². The van der Waals surface area contributed by atoms with Crippen LogP contribution in [0.1, 0.15) is 22.3 Å². The first kappa shape index (κ1) is 21.1. The third kappa shape index (κ3) is 6.73. The summed E-state index contributed by atoms with van der Waals surface area (Å²) in [5, 5.41) is 6.40. The number of pyridine rings is 1. The molecule has 3 rings (SSSR count). The van der Waals surface area contributed by atoms with E-state index in [9.17, 15) is 9.59 Å². The fourth-order valence-corrected chi connectivity index (χ4v) is 3.36. The molecule has 0 aliphatic carbocycles. The van der Waals surface area contributed by atoms with Gasteiger partial charge in [0.05, 0.1) is 5.56 Å². The summed E-state index contributed by atoms with van der Waals surface area (Å²) in [5.41, 5.74) is 1.73. The van der Waals surface area contributed by atoms with Crippen molar-refractivity contribution in [2.24, 2.45) is 0 Å². The van der Waals surface area contributed by atoms with Crippen LogP contribution >= 0.6 is 11.6 Å². The molecule has 0 bridgehead atoms. The lowest BCUT2D eigenvalue weighted by Gasteiger charge is -2.22. The van der Waals surface area contributed by atoms with Crippen LogP contribution in [0.15, 0.2) is 48.8 Å². The molecule has 3 amide bonds. The molecule has 1 fully saturated rings. The van der Waals surface area contributed by atoms with Crippen molar-refractivity contribution in [3.05, 3.63) is 64.9 Å². The summed E-state index contributed by atoms with van der Waals surface area (Å²) in [6.45, 7) is 4.80. The maximum absolute atomic E-state index is 12.4. The van der Waals surface area contributed by atoms with Crippen molar-refractivity contribution in [2.75, 3.05) is 39.3 Å². The van der Waals surface area contributed by atoms with Gasteiger partial charge in [0.25, 0.3) is 5.91 Å². The Hall–Kier alpha value is -2.64. The first-order valence-electron chi connectivity index (χ1n) is 9.79. The number of halogens is 1. The highest BCUT2D eigenvalue weighted by Crippen LogP contribution is 2.13. The van der Waals surface area contributed by atoms with Gasteiger partial charge < -0.3 is 15.5 Å². The third-order valence-corrected chi connectivity index (χ3v) is 5.06. The minimum absolute atomic E-state index is 0.0889. The van der Waals surface area contributed by atoms with Crippen LogP contribution in [0, 0.1) is 0 Å². The summed E-state index contributed by atoms with van der Waals surface area (Å²) in [6, 6.07) is 11.2. The second-order valence-electron chi connectivity index (χ2n) is 6.97. The van der Waals surface area contributed by atoms with Crippen LogP contribution in [0.3, 0.4) is 0 Å². The Kier molecular flexibility index (Phi) is 7.84. The highest BCUT2D eigenvalue weighted by Gasteiger charge is 2.19. The summed E-state index contributed by atoms with van der Waals surface area (Å²) in [4.78, 5) is 32.5. The average Bonchev–Trinajstić information content (AvgIpc) is 2.99. The lowest BCUT2D eigenvalue weighted by molar-refractivity contribution is 0.0953. The summed E-state index contributed by atoms with van der Waals surface area (Å²) >= 11 is 5.94. The summed E-state index contributed by atoms with van der Waals surface area (Å²) in [7, 11) is 0. The van der Waals surface area contributed by atoms with Gasteiger partial charge in [0.1, 0.15) is 0 Å². The number of carbonyl (C=O) groups excluding carboxylic acids is 2. The molecule has 29 heavy (non-hydrogen) atoms. The van der Waals surface area contributed by atoms with Crippen molar-refractivity contribution in [1.82, 2.24) is 25.4 Å². The molecule has 8 heteroatoms. The van der Waals surface area contributed by atoms with E-state index in [1.165, 1.54) is 11.8 Å². The van der Waals surface area contributed by atoms with E-state index in [0.29, 0.717) is 25.2 Å². The Balaban J connectivity index is 1.36. The van der Waals surface area contributed by atoms with Crippen LogP contribution in [0.25, 0.3) is 0 Å². The number of amides is 3. The molecule has 0 atom stereocenters. The molecule has 0 unspecified atom stereocenters. The Bertz CT molecular complexity index is 800. The average molecular weight is 416 g/mol. The second-order valence-corrected chi connectivity index (χ2v) is 7.41. The number of rotatable bonds is 6. The van der Waals surface area contributed by atoms with E-state index in [0.717, 1.165) is 37.6 Å². The van der Waals surface area contributed by atoms with Gasteiger partial charge >= 0.3 is 6.03 Å². The number of benzene rings is 1. The largest absolute Gasteiger partial charge is 0.350 e. The fourth-order valence-electron chi connectivity index (χ4n) is 3.24. The number of urea groups is 1. The molecule has 7 nitrogen and oxygen atoms in total. The van der Waals surface area contributed by atoms with Crippen molar-refractivity contribution < 1.29 is 9.59 Å². The smallest absolute Gasteiger partial charge is 0.317 e. The van der Waals surface area contributed by atoms with Crippen LogP contribution in [0.5, 0.6) is 0 Å². The van der Waals surface area contributed by atoms with Gasteiger partial charge in [-0.05, 0) is 36.2 Å². The van der Waals surface area contributed by atoms with Crippen LogP contribution in [-0.4, -0.2) is 66.0 Å². The number of nitrogens with one attached hydrogen (secondary N) is 2. The van der Waals surface area contributed by atoms with Gasteiger partial charge in [-0.3, -0.25) is 14.7 Å². The number of hydrogen-bond donors (Lipinski definition) is 2. The molecular weight excluding hydrogens is 390 g/mol. The van der Waals surface area contributed by atoms with E-state index in [4.69, 9.17) is 11.6 Å². The molecule has 1 saturated heterocycles. The monoisotopic (exact) mass is 415 g/mol. The molecule has 0 saturated carbocycles. The van der Waals surface area contributed by atoms with Crippen LogP contribution in [0.2, 0.25) is 5.02 Å². The van der Waals surface area contributed by atoms with Gasteiger partial charge in [-0.2, -0.15) is 0 Å². The van der Waals surface area contributed by atoms with E-state index in [-0.39, 0.29) is 11.9 Å².